The maximum atomic E-state index is 11.8. The number of hydrogen-bond donors (Lipinski definition) is 5. The standard InChI is InChI=1S/C15H26N6O2/c1-11(22)21(7-4-16)10-15(23)20-6-5-19-9-12-8-13(17)2-3-14(12)18/h2-3,8,19H,4-7,9-10,16-18H2,1H3,(H,20,23). The topological polar surface area (TPSA) is 140 Å². The van der Waals surface area contributed by atoms with Crippen LogP contribution in [-0.2, 0) is 16.1 Å². The summed E-state index contributed by atoms with van der Waals surface area (Å²) in [5, 5.41) is 5.92. The number of benzene rings is 1. The van der Waals surface area contributed by atoms with Crippen molar-refractivity contribution >= 4 is 23.2 Å². The van der Waals surface area contributed by atoms with Crippen LogP contribution in [0.15, 0.2) is 18.2 Å². The summed E-state index contributed by atoms with van der Waals surface area (Å²) in [5.74, 6) is -0.375. The normalized spacial score (nSPS) is 10.3. The maximum absolute atomic E-state index is 11.8. The Labute approximate surface area is 136 Å². The van der Waals surface area contributed by atoms with Gasteiger partial charge in [0, 0.05) is 51.0 Å². The third-order valence-electron chi connectivity index (χ3n) is 3.29. The van der Waals surface area contributed by atoms with E-state index in [-0.39, 0.29) is 18.4 Å². The lowest BCUT2D eigenvalue weighted by molar-refractivity contribution is -0.134. The molecule has 1 rings (SSSR count). The third kappa shape index (κ3) is 6.98. The van der Waals surface area contributed by atoms with Crippen LogP contribution in [0.25, 0.3) is 0 Å². The highest BCUT2D eigenvalue weighted by Gasteiger charge is 2.11. The van der Waals surface area contributed by atoms with E-state index in [1.807, 2.05) is 6.07 Å². The molecule has 0 radical (unpaired) electrons. The van der Waals surface area contributed by atoms with Gasteiger partial charge in [-0.3, -0.25) is 9.59 Å². The minimum absolute atomic E-state index is 0.0225. The fourth-order valence-electron chi connectivity index (χ4n) is 2.03. The lowest BCUT2D eigenvalue weighted by Crippen LogP contribution is -2.43. The van der Waals surface area contributed by atoms with Crippen LogP contribution < -0.4 is 27.8 Å². The molecule has 0 aromatic heterocycles. The summed E-state index contributed by atoms with van der Waals surface area (Å²) in [7, 11) is 0. The van der Waals surface area contributed by atoms with Crippen LogP contribution in [0.4, 0.5) is 11.4 Å². The molecule has 8 nitrogen and oxygen atoms in total. The van der Waals surface area contributed by atoms with E-state index in [1.165, 1.54) is 11.8 Å². The van der Waals surface area contributed by atoms with Gasteiger partial charge in [0.1, 0.15) is 0 Å². The lowest BCUT2D eigenvalue weighted by atomic mass is 10.1. The summed E-state index contributed by atoms with van der Waals surface area (Å²) >= 11 is 0. The number of anilines is 2. The van der Waals surface area contributed by atoms with E-state index in [1.54, 1.807) is 12.1 Å². The van der Waals surface area contributed by atoms with Crippen LogP contribution in [0.2, 0.25) is 0 Å². The SMILES string of the molecule is CC(=O)N(CCN)CC(=O)NCCNCc1cc(N)ccc1N. The van der Waals surface area contributed by atoms with Crippen molar-refractivity contribution in [2.75, 3.05) is 44.2 Å². The summed E-state index contributed by atoms with van der Waals surface area (Å²) in [6.45, 7) is 3.74. The van der Waals surface area contributed by atoms with Gasteiger partial charge in [0.2, 0.25) is 11.8 Å². The summed E-state index contributed by atoms with van der Waals surface area (Å²) in [6, 6.07) is 5.33. The molecular weight excluding hydrogens is 296 g/mol. The van der Waals surface area contributed by atoms with Crippen LogP contribution in [-0.4, -0.2) is 49.4 Å². The van der Waals surface area contributed by atoms with E-state index < -0.39 is 0 Å². The lowest BCUT2D eigenvalue weighted by Gasteiger charge is -2.19. The molecular formula is C15H26N6O2. The maximum Gasteiger partial charge on any atom is 0.239 e. The van der Waals surface area contributed by atoms with Gasteiger partial charge in [-0.2, -0.15) is 0 Å². The average molecular weight is 322 g/mol. The molecule has 8 N–H and O–H groups in total. The number of hydrogen-bond acceptors (Lipinski definition) is 6. The predicted octanol–water partition coefficient (Wildman–Crippen LogP) is -1.14. The van der Waals surface area contributed by atoms with Crippen LogP contribution in [0.1, 0.15) is 12.5 Å². The number of carbonyl (C=O) groups excluding carboxylic acids is 2. The fraction of sp³-hybridized carbons (Fsp3) is 0.467. The Morgan fingerprint density at radius 2 is 1.96 bits per heavy atom. The molecule has 0 aliphatic heterocycles. The minimum Gasteiger partial charge on any atom is -0.399 e. The Bertz CT molecular complexity index is 535. The first kappa shape index (κ1) is 18.7. The van der Waals surface area contributed by atoms with Gasteiger partial charge >= 0.3 is 0 Å². The second-order valence-electron chi connectivity index (χ2n) is 5.21. The van der Waals surface area contributed by atoms with E-state index in [2.05, 4.69) is 10.6 Å². The quantitative estimate of drug-likeness (QED) is 0.288. The number of nitrogen functional groups attached to an aromatic ring is 2. The summed E-state index contributed by atoms with van der Waals surface area (Å²) in [5.41, 5.74) is 19.2. The van der Waals surface area contributed by atoms with Crippen LogP contribution in [0, 0.1) is 0 Å². The zero-order valence-electron chi connectivity index (χ0n) is 13.5. The zero-order chi connectivity index (χ0) is 17.2. The van der Waals surface area contributed by atoms with E-state index in [4.69, 9.17) is 17.2 Å². The van der Waals surface area contributed by atoms with Gasteiger partial charge in [0.05, 0.1) is 6.54 Å². The monoisotopic (exact) mass is 322 g/mol. The molecule has 0 saturated carbocycles. The Morgan fingerprint density at radius 1 is 1.22 bits per heavy atom. The first-order valence-electron chi connectivity index (χ1n) is 7.51. The molecule has 23 heavy (non-hydrogen) atoms. The highest BCUT2D eigenvalue weighted by Crippen LogP contribution is 2.14. The Balaban J connectivity index is 2.25. The Hall–Kier alpha value is -2.32. The minimum atomic E-state index is -0.209. The van der Waals surface area contributed by atoms with Gasteiger partial charge in [-0.15, -0.1) is 0 Å². The average Bonchev–Trinajstić information content (AvgIpc) is 2.49. The highest BCUT2D eigenvalue weighted by molar-refractivity contribution is 5.83. The molecule has 0 saturated heterocycles. The number of amides is 2. The molecule has 8 heteroatoms. The smallest absolute Gasteiger partial charge is 0.239 e. The molecule has 0 bridgehead atoms. The number of rotatable bonds is 9. The summed E-state index contributed by atoms with van der Waals surface area (Å²) in [6.07, 6.45) is 0. The Morgan fingerprint density at radius 3 is 2.61 bits per heavy atom. The largest absolute Gasteiger partial charge is 0.399 e. The molecule has 2 amide bonds. The molecule has 0 atom stereocenters. The van der Waals surface area contributed by atoms with E-state index in [9.17, 15) is 9.59 Å². The molecule has 128 valence electrons. The van der Waals surface area contributed by atoms with Gasteiger partial charge in [0.15, 0.2) is 0 Å². The molecule has 0 heterocycles. The predicted molar refractivity (Wildman–Crippen MR) is 91.3 cm³/mol. The van der Waals surface area contributed by atoms with Crippen molar-refractivity contribution in [1.29, 1.82) is 0 Å². The number of nitrogens with zero attached hydrogens (tertiary/aromatic N) is 1. The molecule has 0 spiro atoms. The highest BCUT2D eigenvalue weighted by atomic mass is 16.2. The van der Waals surface area contributed by atoms with Gasteiger partial charge < -0.3 is 32.7 Å². The van der Waals surface area contributed by atoms with Crippen molar-refractivity contribution < 1.29 is 9.59 Å². The van der Waals surface area contributed by atoms with Gasteiger partial charge in [-0.1, -0.05) is 0 Å². The van der Waals surface area contributed by atoms with Crippen LogP contribution >= 0.6 is 0 Å². The third-order valence-corrected chi connectivity index (χ3v) is 3.29. The van der Waals surface area contributed by atoms with E-state index >= 15 is 0 Å². The van der Waals surface area contributed by atoms with E-state index in [0.717, 1.165) is 5.56 Å². The van der Waals surface area contributed by atoms with Crippen LogP contribution in [0.5, 0.6) is 0 Å². The van der Waals surface area contributed by atoms with Crippen molar-refractivity contribution in [2.45, 2.75) is 13.5 Å². The fourth-order valence-corrected chi connectivity index (χ4v) is 2.03. The summed E-state index contributed by atoms with van der Waals surface area (Å²) in [4.78, 5) is 24.5. The van der Waals surface area contributed by atoms with Gasteiger partial charge in [-0.05, 0) is 23.8 Å². The second kappa shape index (κ2) is 9.65. The number of carbonyl (C=O) groups is 2. The first-order chi connectivity index (χ1) is 10.9. The van der Waals surface area contributed by atoms with Crippen molar-refractivity contribution in [3.63, 3.8) is 0 Å². The summed E-state index contributed by atoms with van der Waals surface area (Å²) < 4.78 is 0. The number of nitrogens with one attached hydrogen (secondary N) is 2. The van der Waals surface area contributed by atoms with Crippen molar-refractivity contribution in [3.05, 3.63) is 23.8 Å². The number of nitrogens with two attached hydrogens (primary N) is 3. The van der Waals surface area contributed by atoms with E-state index in [0.29, 0.717) is 44.1 Å². The second-order valence-corrected chi connectivity index (χ2v) is 5.21. The van der Waals surface area contributed by atoms with Crippen molar-refractivity contribution in [2.24, 2.45) is 5.73 Å². The molecule has 0 aliphatic carbocycles. The zero-order valence-corrected chi connectivity index (χ0v) is 13.5. The molecule has 0 fully saturated rings. The first-order valence-corrected chi connectivity index (χ1v) is 7.51. The Kier molecular flexibility index (Phi) is 7.86. The molecule has 1 aromatic carbocycles. The molecule has 1 aromatic rings. The molecule has 0 unspecified atom stereocenters. The van der Waals surface area contributed by atoms with Crippen molar-refractivity contribution in [3.8, 4) is 0 Å². The van der Waals surface area contributed by atoms with Gasteiger partial charge in [-0.25, -0.2) is 0 Å². The van der Waals surface area contributed by atoms with Gasteiger partial charge in [0.25, 0.3) is 0 Å². The molecule has 0 aliphatic rings. The van der Waals surface area contributed by atoms with Crippen molar-refractivity contribution in [1.82, 2.24) is 15.5 Å². The van der Waals surface area contributed by atoms with Crippen LogP contribution in [0.3, 0.4) is 0 Å².